The summed E-state index contributed by atoms with van der Waals surface area (Å²) in [5.41, 5.74) is 1.69. The zero-order valence-electron chi connectivity index (χ0n) is 16.8. The van der Waals surface area contributed by atoms with E-state index in [-0.39, 0.29) is 31.0 Å². The monoisotopic (exact) mass is 391 g/mol. The summed E-state index contributed by atoms with van der Waals surface area (Å²) in [6.45, 7) is 8.70. The predicted molar refractivity (Wildman–Crippen MR) is 109 cm³/mol. The highest BCUT2D eigenvalue weighted by molar-refractivity contribution is 6.00. The minimum atomic E-state index is 0.0354. The molecule has 1 aromatic carbocycles. The van der Waals surface area contributed by atoms with Crippen LogP contribution in [0.2, 0.25) is 0 Å². The van der Waals surface area contributed by atoms with Crippen molar-refractivity contribution < 1.29 is 19.7 Å². The van der Waals surface area contributed by atoms with E-state index >= 15 is 0 Å². The lowest BCUT2D eigenvalue weighted by Crippen LogP contribution is -2.38. The van der Waals surface area contributed by atoms with Gasteiger partial charge in [0.2, 0.25) is 0 Å². The molecule has 2 heterocycles. The predicted octanol–water partition coefficient (Wildman–Crippen LogP) is 0.518. The fraction of sp³-hybridized carbons (Fsp3) is 0.667. The van der Waals surface area contributed by atoms with Gasteiger partial charge in [0, 0.05) is 57.5 Å². The first-order chi connectivity index (χ1) is 13.7. The molecule has 0 saturated carbocycles. The second kappa shape index (κ2) is 10.2. The van der Waals surface area contributed by atoms with Gasteiger partial charge < -0.3 is 29.6 Å². The fourth-order valence-corrected chi connectivity index (χ4v) is 4.27. The van der Waals surface area contributed by atoms with Gasteiger partial charge in [-0.2, -0.15) is 0 Å². The maximum absolute atomic E-state index is 13.3. The van der Waals surface area contributed by atoms with Crippen LogP contribution in [0, 0.1) is 11.8 Å². The number of likely N-dealkylation sites (N-methyl/N-ethyl adjacent to an activating group) is 1. The van der Waals surface area contributed by atoms with Gasteiger partial charge in [0.15, 0.2) is 0 Å². The number of hydrogen-bond donors (Lipinski definition) is 2. The second-order valence-electron chi connectivity index (χ2n) is 7.65. The summed E-state index contributed by atoms with van der Waals surface area (Å²) in [4.78, 5) is 19.6. The van der Waals surface area contributed by atoms with Crippen molar-refractivity contribution in [2.75, 3.05) is 77.1 Å². The molecular formula is C21H33N3O4. The van der Waals surface area contributed by atoms with Gasteiger partial charge in [0.1, 0.15) is 0 Å². The standard InChI is InChI=1S/C21H33N3O4/c1-2-22(7-10-25)13-17-14-24(15-18(17)16-26)21(27)19-5-3-4-6-20(19)23-8-11-28-12-9-23/h3-6,17-18,25-26H,2,7-16H2,1H3/t17-,18-/m1/s1. The van der Waals surface area contributed by atoms with Crippen molar-refractivity contribution in [3.8, 4) is 0 Å². The van der Waals surface area contributed by atoms with Crippen molar-refractivity contribution in [1.29, 1.82) is 0 Å². The van der Waals surface area contributed by atoms with E-state index in [2.05, 4.69) is 16.7 Å². The van der Waals surface area contributed by atoms with E-state index in [4.69, 9.17) is 4.74 Å². The molecule has 3 rings (SSSR count). The van der Waals surface area contributed by atoms with E-state index in [0.29, 0.717) is 32.8 Å². The highest BCUT2D eigenvalue weighted by Crippen LogP contribution is 2.29. The Morgan fingerprint density at radius 2 is 1.89 bits per heavy atom. The van der Waals surface area contributed by atoms with Gasteiger partial charge in [0.05, 0.1) is 25.4 Å². The zero-order valence-corrected chi connectivity index (χ0v) is 16.8. The van der Waals surface area contributed by atoms with Gasteiger partial charge in [-0.25, -0.2) is 0 Å². The third-order valence-electron chi connectivity index (χ3n) is 5.94. The summed E-state index contributed by atoms with van der Waals surface area (Å²) in [7, 11) is 0. The van der Waals surface area contributed by atoms with Crippen LogP contribution in [0.25, 0.3) is 0 Å². The van der Waals surface area contributed by atoms with Crippen LogP contribution in [0.5, 0.6) is 0 Å². The number of amides is 1. The molecule has 0 bridgehead atoms. The summed E-state index contributed by atoms with van der Waals surface area (Å²) < 4.78 is 5.44. The number of aliphatic hydroxyl groups excluding tert-OH is 2. The SMILES string of the molecule is CCN(CCO)C[C@@H]1CN(C(=O)c2ccccc2N2CCOCC2)C[C@@H]1CO. The Kier molecular flexibility index (Phi) is 7.67. The Hall–Kier alpha value is -1.67. The van der Waals surface area contributed by atoms with E-state index in [1.54, 1.807) is 0 Å². The van der Waals surface area contributed by atoms with Crippen molar-refractivity contribution >= 4 is 11.6 Å². The maximum Gasteiger partial charge on any atom is 0.255 e. The van der Waals surface area contributed by atoms with Gasteiger partial charge in [0.25, 0.3) is 5.91 Å². The van der Waals surface area contributed by atoms with Crippen LogP contribution in [0.4, 0.5) is 5.69 Å². The molecule has 2 aliphatic heterocycles. The van der Waals surface area contributed by atoms with Crippen molar-refractivity contribution in [2.45, 2.75) is 6.92 Å². The summed E-state index contributed by atoms with van der Waals surface area (Å²) in [5, 5.41) is 19.1. The highest BCUT2D eigenvalue weighted by atomic mass is 16.5. The van der Waals surface area contributed by atoms with Crippen LogP contribution in [0.15, 0.2) is 24.3 Å². The van der Waals surface area contributed by atoms with E-state index in [1.165, 1.54) is 0 Å². The molecule has 2 saturated heterocycles. The minimum Gasteiger partial charge on any atom is -0.396 e. The van der Waals surface area contributed by atoms with Gasteiger partial charge >= 0.3 is 0 Å². The van der Waals surface area contributed by atoms with E-state index < -0.39 is 0 Å². The number of ether oxygens (including phenoxy) is 1. The fourth-order valence-electron chi connectivity index (χ4n) is 4.27. The normalized spacial score (nSPS) is 22.9. The third kappa shape index (κ3) is 4.84. The van der Waals surface area contributed by atoms with Crippen molar-refractivity contribution in [3.05, 3.63) is 29.8 Å². The highest BCUT2D eigenvalue weighted by Gasteiger charge is 2.36. The Morgan fingerprint density at radius 1 is 1.18 bits per heavy atom. The van der Waals surface area contributed by atoms with Gasteiger partial charge in [-0.3, -0.25) is 4.79 Å². The first-order valence-electron chi connectivity index (χ1n) is 10.3. The summed E-state index contributed by atoms with van der Waals surface area (Å²) >= 11 is 0. The number of nitrogens with zero attached hydrogens (tertiary/aromatic N) is 3. The molecule has 0 radical (unpaired) electrons. The number of carbonyl (C=O) groups excluding carboxylic acids is 1. The molecule has 1 amide bonds. The number of rotatable bonds is 8. The average Bonchev–Trinajstić information content (AvgIpc) is 3.16. The number of carbonyl (C=O) groups is 1. The van der Waals surface area contributed by atoms with Crippen LogP contribution in [-0.2, 0) is 4.74 Å². The summed E-state index contributed by atoms with van der Waals surface area (Å²) in [6, 6.07) is 7.79. The molecule has 2 N–H and O–H groups in total. The molecule has 0 unspecified atom stereocenters. The van der Waals surface area contributed by atoms with E-state index in [1.807, 2.05) is 29.2 Å². The molecule has 28 heavy (non-hydrogen) atoms. The Labute approximate surface area is 167 Å². The largest absolute Gasteiger partial charge is 0.396 e. The summed E-state index contributed by atoms with van der Waals surface area (Å²) in [5.74, 6) is 0.330. The van der Waals surface area contributed by atoms with Crippen LogP contribution >= 0.6 is 0 Å². The Bertz CT molecular complexity index is 636. The van der Waals surface area contributed by atoms with Crippen LogP contribution in [0.3, 0.4) is 0 Å². The van der Waals surface area contributed by atoms with E-state index in [9.17, 15) is 15.0 Å². The quantitative estimate of drug-likeness (QED) is 0.673. The van der Waals surface area contributed by atoms with Crippen molar-refractivity contribution in [1.82, 2.24) is 9.80 Å². The molecule has 7 heteroatoms. The molecule has 1 aromatic rings. The maximum atomic E-state index is 13.3. The molecule has 2 atom stereocenters. The zero-order chi connectivity index (χ0) is 19.9. The first-order valence-corrected chi connectivity index (χ1v) is 10.3. The third-order valence-corrected chi connectivity index (χ3v) is 5.94. The minimum absolute atomic E-state index is 0.0354. The molecule has 2 fully saturated rings. The number of anilines is 1. The Balaban J connectivity index is 1.72. The van der Waals surface area contributed by atoms with Crippen LogP contribution in [0.1, 0.15) is 17.3 Å². The average molecular weight is 392 g/mol. The topological polar surface area (TPSA) is 76.5 Å². The molecule has 0 aromatic heterocycles. The molecular weight excluding hydrogens is 358 g/mol. The van der Waals surface area contributed by atoms with E-state index in [0.717, 1.165) is 37.4 Å². The van der Waals surface area contributed by atoms with Crippen molar-refractivity contribution in [2.24, 2.45) is 11.8 Å². The molecule has 7 nitrogen and oxygen atoms in total. The summed E-state index contributed by atoms with van der Waals surface area (Å²) in [6.07, 6.45) is 0. The number of para-hydroxylation sites is 1. The van der Waals surface area contributed by atoms with Gasteiger partial charge in [-0.15, -0.1) is 0 Å². The lowest BCUT2D eigenvalue weighted by Gasteiger charge is -2.31. The van der Waals surface area contributed by atoms with Crippen molar-refractivity contribution in [3.63, 3.8) is 0 Å². The molecule has 0 aliphatic carbocycles. The van der Waals surface area contributed by atoms with Gasteiger partial charge in [-0.1, -0.05) is 19.1 Å². The number of aliphatic hydroxyl groups is 2. The smallest absolute Gasteiger partial charge is 0.255 e. The van der Waals surface area contributed by atoms with Crippen LogP contribution < -0.4 is 4.90 Å². The second-order valence-corrected chi connectivity index (χ2v) is 7.65. The Morgan fingerprint density at radius 3 is 2.57 bits per heavy atom. The number of likely N-dealkylation sites (tertiary alicyclic amines) is 1. The number of hydrogen-bond acceptors (Lipinski definition) is 6. The lowest BCUT2D eigenvalue weighted by atomic mass is 9.96. The number of morpholine rings is 1. The first kappa shape index (κ1) is 21.0. The van der Waals surface area contributed by atoms with Crippen LogP contribution in [-0.4, -0.2) is 98.2 Å². The number of benzene rings is 1. The molecule has 156 valence electrons. The molecule has 0 spiro atoms. The lowest BCUT2D eigenvalue weighted by molar-refractivity contribution is 0.0777. The van der Waals surface area contributed by atoms with Gasteiger partial charge in [-0.05, 0) is 24.6 Å². The molecule has 2 aliphatic rings.